The van der Waals surface area contributed by atoms with Crippen LogP contribution in [-0.2, 0) is 7.05 Å². The maximum Gasteiger partial charge on any atom is 0.242 e. The summed E-state index contributed by atoms with van der Waals surface area (Å²) < 4.78 is 8.23. The van der Waals surface area contributed by atoms with Crippen LogP contribution in [0.1, 0.15) is 36.8 Å². The fourth-order valence-corrected chi connectivity index (χ4v) is 3.36. The Labute approximate surface area is 140 Å². The number of benzene rings is 1. The molecule has 1 aromatic heterocycles. The van der Waals surface area contributed by atoms with E-state index in [2.05, 4.69) is 44.5 Å². The first kappa shape index (κ1) is 17.5. The van der Waals surface area contributed by atoms with Crippen LogP contribution in [0.3, 0.4) is 0 Å². The van der Waals surface area contributed by atoms with E-state index in [1.807, 2.05) is 43.1 Å². The van der Waals surface area contributed by atoms with Crippen LogP contribution < -0.4 is 4.43 Å². The molecule has 0 radical (unpaired) electrons. The van der Waals surface area contributed by atoms with E-state index in [-0.39, 0.29) is 6.04 Å². The summed E-state index contributed by atoms with van der Waals surface area (Å²) in [6, 6.07) is 8.23. The van der Waals surface area contributed by atoms with Gasteiger partial charge in [-0.15, -0.1) is 0 Å². The van der Waals surface area contributed by atoms with E-state index in [0.29, 0.717) is 0 Å². The Hall–Kier alpha value is -1.88. The minimum atomic E-state index is -1.65. The molecule has 1 unspecified atom stereocenters. The zero-order chi connectivity index (χ0) is 17.2. The number of imidazole rings is 1. The number of nitrogens with zero attached hydrogens (tertiary/aromatic N) is 3. The second kappa shape index (κ2) is 6.70. The van der Waals surface area contributed by atoms with Crippen molar-refractivity contribution in [2.75, 3.05) is 0 Å². The minimum Gasteiger partial charge on any atom is -0.544 e. The van der Waals surface area contributed by atoms with E-state index in [4.69, 9.17) is 9.42 Å². The normalized spacial score (nSPS) is 14.0. The Balaban J connectivity index is 2.32. The molecule has 5 heteroatoms. The van der Waals surface area contributed by atoms with Gasteiger partial charge in [0.1, 0.15) is 11.4 Å². The summed E-state index contributed by atoms with van der Waals surface area (Å²) in [5.41, 5.74) is 4.18. The average Bonchev–Trinajstić information content (AvgIpc) is 2.77. The van der Waals surface area contributed by atoms with Gasteiger partial charge >= 0.3 is 0 Å². The summed E-state index contributed by atoms with van der Waals surface area (Å²) in [6.07, 6.45) is 1.83. The van der Waals surface area contributed by atoms with Crippen LogP contribution in [0.25, 0.3) is 0 Å². The Morgan fingerprint density at radius 1 is 1.26 bits per heavy atom. The van der Waals surface area contributed by atoms with Crippen molar-refractivity contribution in [2.24, 2.45) is 12.0 Å². The van der Waals surface area contributed by atoms with Crippen molar-refractivity contribution in [1.82, 2.24) is 9.55 Å². The lowest BCUT2D eigenvalue weighted by molar-refractivity contribution is 0.543. The Morgan fingerprint density at radius 2 is 1.91 bits per heavy atom. The van der Waals surface area contributed by atoms with E-state index >= 15 is 0 Å². The molecule has 1 aromatic carbocycles. The first-order valence-electron chi connectivity index (χ1n) is 7.99. The maximum absolute atomic E-state index is 6.22. The van der Waals surface area contributed by atoms with Crippen molar-refractivity contribution in [1.29, 1.82) is 0 Å². The van der Waals surface area contributed by atoms with Crippen molar-refractivity contribution in [3.05, 3.63) is 47.5 Å². The molecule has 0 amide bonds. The topological polar surface area (TPSA) is 39.4 Å². The van der Waals surface area contributed by atoms with Crippen LogP contribution in [-0.4, -0.2) is 23.6 Å². The number of para-hydroxylation sites is 1. The number of aliphatic imine (C=N–C) groups is 1. The Bertz CT molecular complexity index is 713. The fraction of sp³-hybridized carbons (Fsp3) is 0.444. The van der Waals surface area contributed by atoms with Crippen LogP contribution >= 0.6 is 0 Å². The molecule has 23 heavy (non-hydrogen) atoms. The molecule has 0 saturated carbocycles. The van der Waals surface area contributed by atoms with E-state index in [1.165, 1.54) is 0 Å². The molecule has 0 N–H and O–H groups in total. The van der Waals surface area contributed by atoms with E-state index in [9.17, 15) is 0 Å². The molecule has 0 aliphatic rings. The minimum absolute atomic E-state index is 0.0314. The number of rotatable bonds is 5. The van der Waals surface area contributed by atoms with Crippen LogP contribution in [0, 0.1) is 6.92 Å². The van der Waals surface area contributed by atoms with Gasteiger partial charge in [-0.05, 0) is 46.5 Å². The predicted octanol–water partition coefficient (Wildman–Crippen LogP) is 4.51. The molecule has 124 valence electrons. The summed E-state index contributed by atoms with van der Waals surface area (Å²) in [6.45, 7) is 12.8. The molecule has 0 spiro atoms. The summed E-state index contributed by atoms with van der Waals surface area (Å²) in [4.78, 5) is 9.31. The highest BCUT2D eigenvalue weighted by Crippen LogP contribution is 2.29. The largest absolute Gasteiger partial charge is 0.544 e. The van der Waals surface area contributed by atoms with Gasteiger partial charge in [0.05, 0.1) is 18.1 Å². The lowest BCUT2D eigenvalue weighted by Gasteiger charge is -2.23. The van der Waals surface area contributed by atoms with Crippen LogP contribution in [0.5, 0.6) is 5.75 Å². The van der Waals surface area contributed by atoms with Gasteiger partial charge in [0, 0.05) is 18.3 Å². The monoisotopic (exact) mass is 329 g/mol. The van der Waals surface area contributed by atoms with Crippen LogP contribution in [0.2, 0.25) is 19.6 Å². The molecule has 0 saturated heterocycles. The van der Waals surface area contributed by atoms with Crippen molar-refractivity contribution < 1.29 is 4.43 Å². The maximum atomic E-state index is 6.22. The zero-order valence-corrected chi connectivity index (χ0v) is 16.2. The van der Waals surface area contributed by atoms with Crippen molar-refractivity contribution in [2.45, 2.75) is 46.5 Å². The highest BCUT2D eigenvalue weighted by Gasteiger charge is 2.20. The number of aryl methyl sites for hydroxylation is 1. The smallest absolute Gasteiger partial charge is 0.242 e. The van der Waals surface area contributed by atoms with Gasteiger partial charge in [0.15, 0.2) is 0 Å². The number of aromatic nitrogens is 2. The highest BCUT2D eigenvalue weighted by atomic mass is 28.4. The molecular weight excluding hydrogens is 302 g/mol. The summed E-state index contributed by atoms with van der Waals surface area (Å²) in [7, 11) is 0.351. The molecule has 0 aliphatic carbocycles. The Morgan fingerprint density at radius 3 is 2.48 bits per heavy atom. The molecule has 0 bridgehead atoms. The molecule has 4 nitrogen and oxygen atoms in total. The van der Waals surface area contributed by atoms with E-state index in [0.717, 1.165) is 28.4 Å². The second-order valence-corrected chi connectivity index (χ2v) is 11.4. The number of hydrogen-bond donors (Lipinski definition) is 0. The SMILES string of the molecule is CC(=NC(C)c1ccccc1O[Si](C)(C)C)c1ncn(C)c1C. The second-order valence-electron chi connectivity index (χ2n) is 6.93. The zero-order valence-electron chi connectivity index (χ0n) is 15.2. The van der Waals surface area contributed by atoms with Gasteiger partial charge in [-0.2, -0.15) is 0 Å². The van der Waals surface area contributed by atoms with Crippen molar-refractivity contribution in [3.63, 3.8) is 0 Å². The van der Waals surface area contributed by atoms with Gasteiger partial charge in [-0.1, -0.05) is 18.2 Å². The van der Waals surface area contributed by atoms with Gasteiger partial charge in [0.2, 0.25) is 8.32 Å². The summed E-state index contributed by atoms with van der Waals surface area (Å²) >= 11 is 0. The quantitative estimate of drug-likeness (QED) is 0.598. The third kappa shape index (κ3) is 4.32. The summed E-state index contributed by atoms with van der Waals surface area (Å²) in [5.74, 6) is 0.952. The standard InChI is InChI=1S/C18H27N3OSi/c1-13(20-14(2)18-15(3)21(4)12-19-18)16-10-8-9-11-17(16)22-23(5,6)7/h8-13H,1-7H3. The van der Waals surface area contributed by atoms with E-state index in [1.54, 1.807) is 0 Å². The van der Waals surface area contributed by atoms with Crippen molar-refractivity contribution >= 4 is 14.0 Å². The van der Waals surface area contributed by atoms with Gasteiger partial charge in [-0.25, -0.2) is 4.98 Å². The molecule has 1 heterocycles. The predicted molar refractivity (Wildman–Crippen MR) is 99.0 cm³/mol. The molecule has 2 aromatic rings. The molecule has 2 rings (SSSR count). The third-order valence-electron chi connectivity index (χ3n) is 3.75. The van der Waals surface area contributed by atoms with Crippen LogP contribution in [0.4, 0.5) is 0 Å². The average molecular weight is 330 g/mol. The third-order valence-corrected chi connectivity index (χ3v) is 4.58. The fourth-order valence-electron chi connectivity index (χ4n) is 2.52. The van der Waals surface area contributed by atoms with E-state index < -0.39 is 8.32 Å². The first-order valence-corrected chi connectivity index (χ1v) is 11.4. The molecule has 1 atom stereocenters. The lowest BCUT2D eigenvalue weighted by atomic mass is 10.1. The van der Waals surface area contributed by atoms with Crippen molar-refractivity contribution in [3.8, 4) is 5.75 Å². The van der Waals surface area contributed by atoms with Gasteiger partial charge in [0.25, 0.3) is 0 Å². The number of hydrogen-bond acceptors (Lipinski definition) is 3. The van der Waals surface area contributed by atoms with Gasteiger partial charge < -0.3 is 8.99 Å². The molecule has 0 aliphatic heterocycles. The highest BCUT2D eigenvalue weighted by molar-refractivity contribution is 6.70. The molecular formula is C18H27N3OSi. The first-order chi connectivity index (χ1) is 10.7. The van der Waals surface area contributed by atoms with Gasteiger partial charge in [-0.3, -0.25) is 4.99 Å². The Kier molecular flexibility index (Phi) is 5.09. The summed E-state index contributed by atoms with van der Waals surface area (Å²) in [5, 5.41) is 0. The van der Waals surface area contributed by atoms with Crippen LogP contribution in [0.15, 0.2) is 35.6 Å². The molecule has 0 fully saturated rings. The lowest BCUT2D eigenvalue weighted by Crippen LogP contribution is -2.29.